The number of nitrogens with zero attached hydrogens (tertiary/aromatic N) is 2. The Morgan fingerprint density at radius 2 is 2.14 bits per heavy atom. The zero-order valence-corrected chi connectivity index (χ0v) is 8.62. The number of likely N-dealkylation sites (N-methyl/N-ethyl adjacent to an activating group) is 1. The average molecular weight is 189 g/mol. The number of hydrogen-bond acceptors (Lipinski definition) is 3. The van der Waals surface area contributed by atoms with Crippen LogP contribution in [0.4, 0.5) is 5.69 Å². The second kappa shape index (κ2) is 3.42. The Labute approximate surface area is 84.2 Å². The van der Waals surface area contributed by atoms with Crippen molar-refractivity contribution in [2.75, 3.05) is 13.6 Å². The lowest BCUT2D eigenvalue weighted by molar-refractivity contribution is 0.376. The van der Waals surface area contributed by atoms with Gasteiger partial charge < -0.3 is 5.73 Å². The number of fused-ring (bicyclic) bond motifs is 1. The van der Waals surface area contributed by atoms with Crippen LogP contribution in [-0.2, 0) is 6.54 Å². The van der Waals surface area contributed by atoms with E-state index in [1.165, 1.54) is 11.1 Å². The Hall–Kier alpha value is -1.35. The molecule has 1 aromatic rings. The Morgan fingerprint density at radius 3 is 2.93 bits per heavy atom. The summed E-state index contributed by atoms with van der Waals surface area (Å²) in [5.41, 5.74) is 9.33. The molecule has 2 N–H and O–H groups in total. The van der Waals surface area contributed by atoms with Crippen LogP contribution in [0.5, 0.6) is 0 Å². The average Bonchev–Trinajstić information content (AvgIpc) is 2.21. The van der Waals surface area contributed by atoms with Crippen LogP contribution in [0.2, 0.25) is 0 Å². The molecule has 0 spiro atoms. The Kier molecular flexibility index (Phi) is 2.25. The SMILES string of the molecule is Cc1ccc2c(c1)CN(C)CC(N)=N2. The largest absolute Gasteiger partial charge is 0.386 e. The van der Waals surface area contributed by atoms with Crippen molar-refractivity contribution in [3.8, 4) is 0 Å². The lowest BCUT2D eigenvalue weighted by Crippen LogP contribution is -2.28. The van der Waals surface area contributed by atoms with E-state index in [-0.39, 0.29) is 0 Å². The maximum atomic E-state index is 5.79. The fraction of sp³-hybridized carbons (Fsp3) is 0.364. The van der Waals surface area contributed by atoms with Gasteiger partial charge in [0.2, 0.25) is 0 Å². The Morgan fingerprint density at radius 1 is 1.36 bits per heavy atom. The molecule has 2 rings (SSSR count). The molecule has 0 fully saturated rings. The van der Waals surface area contributed by atoms with Gasteiger partial charge in [-0.25, -0.2) is 4.99 Å². The molecule has 74 valence electrons. The standard InChI is InChI=1S/C11H15N3/c1-8-3-4-10-9(5-8)6-14(2)7-11(12)13-10/h3-5H,6-7H2,1-2H3,(H2,12,13). The number of benzene rings is 1. The van der Waals surface area contributed by atoms with Crippen molar-refractivity contribution in [1.82, 2.24) is 4.90 Å². The van der Waals surface area contributed by atoms with E-state index >= 15 is 0 Å². The normalized spacial score (nSPS) is 17.1. The summed E-state index contributed by atoms with van der Waals surface area (Å²) in [7, 11) is 2.06. The van der Waals surface area contributed by atoms with Gasteiger partial charge in [-0.15, -0.1) is 0 Å². The summed E-state index contributed by atoms with van der Waals surface area (Å²) < 4.78 is 0. The van der Waals surface area contributed by atoms with Crippen LogP contribution >= 0.6 is 0 Å². The molecule has 0 amide bonds. The van der Waals surface area contributed by atoms with Crippen LogP contribution in [0, 0.1) is 6.92 Å². The van der Waals surface area contributed by atoms with Crippen LogP contribution in [-0.4, -0.2) is 24.3 Å². The molecule has 0 atom stereocenters. The highest BCUT2D eigenvalue weighted by Gasteiger charge is 2.11. The molecule has 0 aromatic heterocycles. The van der Waals surface area contributed by atoms with Gasteiger partial charge >= 0.3 is 0 Å². The first-order chi connectivity index (χ1) is 6.65. The fourth-order valence-corrected chi connectivity index (χ4v) is 1.76. The van der Waals surface area contributed by atoms with E-state index in [2.05, 4.69) is 36.0 Å². The van der Waals surface area contributed by atoms with E-state index in [9.17, 15) is 0 Å². The predicted molar refractivity (Wildman–Crippen MR) is 58.8 cm³/mol. The monoisotopic (exact) mass is 189 g/mol. The lowest BCUT2D eigenvalue weighted by Gasteiger charge is -2.13. The summed E-state index contributed by atoms with van der Waals surface area (Å²) in [6.07, 6.45) is 0. The maximum absolute atomic E-state index is 5.79. The molecule has 1 aliphatic heterocycles. The molecule has 3 heteroatoms. The molecule has 0 bridgehead atoms. The number of aliphatic imine (C=N–C) groups is 1. The van der Waals surface area contributed by atoms with Gasteiger partial charge in [-0.05, 0) is 25.6 Å². The molecule has 1 heterocycles. The molecule has 0 radical (unpaired) electrons. The Balaban J connectivity index is 2.48. The van der Waals surface area contributed by atoms with E-state index in [0.29, 0.717) is 5.84 Å². The van der Waals surface area contributed by atoms with Gasteiger partial charge in [-0.1, -0.05) is 17.7 Å². The summed E-state index contributed by atoms with van der Waals surface area (Å²) in [6.45, 7) is 3.76. The highest BCUT2D eigenvalue weighted by molar-refractivity contribution is 5.86. The van der Waals surface area contributed by atoms with Crippen LogP contribution in [0.3, 0.4) is 0 Å². The van der Waals surface area contributed by atoms with Gasteiger partial charge in [0.25, 0.3) is 0 Å². The first kappa shape index (κ1) is 9.21. The highest BCUT2D eigenvalue weighted by Crippen LogP contribution is 2.23. The van der Waals surface area contributed by atoms with E-state index in [1.807, 2.05) is 6.07 Å². The van der Waals surface area contributed by atoms with E-state index in [0.717, 1.165) is 18.8 Å². The molecular formula is C11H15N3. The number of nitrogens with two attached hydrogens (primary N) is 1. The van der Waals surface area contributed by atoms with Crippen molar-refractivity contribution in [1.29, 1.82) is 0 Å². The third-order valence-electron chi connectivity index (χ3n) is 2.37. The molecule has 0 aliphatic carbocycles. The molecule has 1 aromatic carbocycles. The number of hydrogen-bond donors (Lipinski definition) is 1. The maximum Gasteiger partial charge on any atom is 0.114 e. The van der Waals surface area contributed by atoms with Gasteiger partial charge in [-0.2, -0.15) is 0 Å². The smallest absolute Gasteiger partial charge is 0.114 e. The molecule has 3 nitrogen and oxygen atoms in total. The predicted octanol–water partition coefficient (Wildman–Crippen LogP) is 1.43. The summed E-state index contributed by atoms with van der Waals surface area (Å²) >= 11 is 0. The van der Waals surface area contributed by atoms with Gasteiger partial charge in [0.1, 0.15) is 5.84 Å². The quantitative estimate of drug-likeness (QED) is 0.670. The summed E-state index contributed by atoms with van der Waals surface area (Å²) in [5.74, 6) is 0.690. The van der Waals surface area contributed by atoms with Crippen molar-refractivity contribution in [2.24, 2.45) is 10.7 Å². The fourth-order valence-electron chi connectivity index (χ4n) is 1.76. The zero-order chi connectivity index (χ0) is 10.1. The molecule has 0 saturated carbocycles. The van der Waals surface area contributed by atoms with Crippen LogP contribution < -0.4 is 5.73 Å². The van der Waals surface area contributed by atoms with Crippen molar-refractivity contribution in [2.45, 2.75) is 13.5 Å². The third-order valence-corrected chi connectivity index (χ3v) is 2.37. The summed E-state index contributed by atoms with van der Waals surface area (Å²) in [4.78, 5) is 6.55. The van der Waals surface area contributed by atoms with Crippen LogP contribution in [0.1, 0.15) is 11.1 Å². The number of aryl methyl sites for hydroxylation is 1. The van der Waals surface area contributed by atoms with Gasteiger partial charge in [0.05, 0.1) is 12.2 Å². The van der Waals surface area contributed by atoms with E-state index in [4.69, 9.17) is 5.73 Å². The first-order valence-corrected chi connectivity index (χ1v) is 4.76. The molecule has 0 unspecified atom stereocenters. The molecule has 14 heavy (non-hydrogen) atoms. The molecular weight excluding hydrogens is 174 g/mol. The first-order valence-electron chi connectivity index (χ1n) is 4.76. The minimum atomic E-state index is 0.690. The Bertz CT molecular complexity index is 382. The number of amidine groups is 1. The van der Waals surface area contributed by atoms with Crippen LogP contribution in [0.15, 0.2) is 23.2 Å². The van der Waals surface area contributed by atoms with Crippen molar-refractivity contribution in [3.63, 3.8) is 0 Å². The van der Waals surface area contributed by atoms with E-state index in [1.54, 1.807) is 0 Å². The van der Waals surface area contributed by atoms with E-state index < -0.39 is 0 Å². The van der Waals surface area contributed by atoms with Crippen molar-refractivity contribution >= 4 is 11.5 Å². The van der Waals surface area contributed by atoms with Gasteiger partial charge in [0.15, 0.2) is 0 Å². The summed E-state index contributed by atoms with van der Waals surface area (Å²) in [6, 6.07) is 6.28. The lowest BCUT2D eigenvalue weighted by atomic mass is 10.1. The van der Waals surface area contributed by atoms with Crippen molar-refractivity contribution < 1.29 is 0 Å². The van der Waals surface area contributed by atoms with Crippen molar-refractivity contribution in [3.05, 3.63) is 29.3 Å². The number of rotatable bonds is 0. The molecule has 0 saturated heterocycles. The highest BCUT2D eigenvalue weighted by atomic mass is 15.1. The third kappa shape index (κ3) is 1.77. The zero-order valence-electron chi connectivity index (χ0n) is 8.62. The topological polar surface area (TPSA) is 41.6 Å². The summed E-state index contributed by atoms with van der Waals surface area (Å²) in [5, 5.41) is 0. The van der Waals surface area contributed by atoms with Gasteiger partial charge in [0, 0.05) is 6.54 Å². The second-order valence-electron chi connectivity index (χ2n) is 3.91. The minimum Gasteiger partial charge on any atom is -0.386 e. The van der Waals surface area contributed by atoms with Crippen LogP contribution in [0.25, 0.3) is 0 Å². The molecule has 1 aliphatic rings. The minimum absolute atomic E-state index is 0.690. The van der Waals surface area contributed by atoms with Gasteiger partial charge in [-0.3, -0.25) is 4.90 Å². The second-order valence-corrected chi connectivity index (χ2v) is 3.91.